The van der Waals surface area contributed by atoms with Crippen LogP contribution in [0.5, 0.6) is 5.75 Å². The van der Waals surface area contributed by atoms with Crippen LogP contribution in [0.2, 0.25) is 10.0 Å². The van der Waals surface area contributed by atoms with Crippen molar-refractivity contribution < 1.29 is 9.84 Å². The number of para-hydroxylation sites is 1. The standard InChI is InChI=1S/C15H21Cl2NO2/c1-2-15(6-7-15)10-18-8-11(19)9-20-14-12(16)4-3-5-13(14)17/h3-5,11,18-19H,2,6-10H2,1H3. The molecule has 2 rings (SSSR count). The minimum atomic E-state index is -0.574. The van der Waals surface area contributed by atoms with Gasteiger partial charge in [0, 0.05) is 13.1 Å². The fourth-order valence-electron chi connectivity index (χ4n) is 2.19. The van der Waals surface area contributed by atoms with Crippen LogP contribution in [0.15, 0.2) is 18.2 Å². The molecule has 1 aromatic rings. The van der Waals surface area contributed by atoms with Crippen LogP contribution < -0.4 is 10.1 Å². The molecule has 112 valence electrons. The number of benzene rings is 1. The van der Waals surface area contributed by atoms with Gasteiger partial charge in [0.25, 0.3) is 0 Å². The first-order valence-electron chi connectivity index (χ1n) is 7.02. The second kappa shape index (κ2) is 6.99. The second-order valence-electron chi connectivity index (χ2n) is 5.50. The van der Waals surface area contributed by atoms with Gasteiger partial charge in [-0.15, -0.1) is 0 Å². The summed E-state index contributed by atoms with van der Waals surface area (Å²) in [6, 6.07) is 5.19. The van der Waals surface area contributed by atoms with E-state index in [0.717, 1.165) is 6.54 Å². The van der Waals surface area contributed by atoms with Crippen LogP contribution in [0.1, 0.15) is 26.2 Å². The van der Waals surface area contributed by atoms with Gasteiger partial charge < -0.3 is 15.2 Å². The Morgan fingerprint density at radius 1 is 1.35 bits per heavy atom. The SMILES string of the molecule is CCC1(CNCC(O)COc2c(Cl)cccc2Cl)CC1. The van der Waals surface area contributed by atoms with E-state index in [4.69, 9.17) is 27.9 Å². The Morgan fingerprint density at radius 2 is 2.00 bits per heavy atom. The van der Waals surface area contributed by atoms with Crippen molar-refractivity contribution in [1.82, 2.24) is 5.32 Å². The highest BCUT2D eigenvalue weighted by Gasteiger charge is 2.39. The molecule has 0 heterocycles. The van der Waals surface area contributed by atoms with Gasteiger partial charge in [0.2, 0.25) is 0 Å². The lowest BCUT2D eigenvalue weighted by Gasteiger charge is -2.17. The van der Waals surface area contributed by atoms with Crippen molar-refractivity contribution >= 4 is 23.2 Å². The lowest BCUT2D eigenvalue weighted by molar-refractivity contribution is 0.105. The first kappa shape index (κ1) is 15.9. The Balaban J connectivity index is 1.71. The molecule has 1 aliphatic rings. The van der Waals surface area contributed by atoms with Gasteiger partial charge in [-0.2, -0.15) is 0 Å². The van der Waals surface area contributed by atoms with Gasteiger partial charge >= 0.3 is 0 Å². The third-order valence-corrected chi connectivity index (χ3v) is 4.52. The smallest absolute Gasteiger partial charge is 0.156 e. The molecular weight excluding hydrogens is 297 g/mol. The molecule has 0 amide bonds. The van der Waals surface area contributed by atoms with Crippen LogP contribution >= 0.6 is 23.2 Å². The number of ether oxygens (including phenoxy) is 1. The van der Waals surface area contributed by atoms with E-state index in [0.29, 0.717) is 27.8 Å². The molecule has 1 fully saturated rings. The molecule has 1 unspecified atom stereocenters. The Morgan fingerprint density at radius 3 is 2.55 bits per heavy atom. The van der Waals surface area contributed by atoms with Gasteiger partial charge in [0.05, 0.1) is 10.0 Å². The molecule has 0 radical (unpaired) electrons. The molecule has 1 aromatic carbocycles. The van der Waals surface area contributed by atoms with Crippen LogP contribution in [-0.4, -0.2) is 30.9 Å². The largest absolute Gasteiger partial charge is 0.488 e. The maximum atomic E-state index is 9.91. The molecule has 0 spiro atoms. The Kier molecular flexibility index (Phi) is 5.56. The molecule has 0 aliphatic heterocycles. The van der Waals surface area contributed by atoms with Crippen LogP contribution in [0.25, 0.3) is 0 Å². The summed E-state index contributed by atoms with van der Waals surface area (Å²) in [6.07, 6.45) is 3.20. The summed E-state index contributed by atoms with van der Waals surface area (Å²) in [5.74, 6) is 0.433. The monoisotopic (exact) mass is 317 g/mol. The molecule has 2 N–H and O–H groups in total. The summed E-state index contributed by atoms with van der Waals surface area (Å²) < 4.78 is 5.50. The average Bonchev–Trinajstić information content (AvgIpc) is 3.19. The highest BCUT2D eigenvalue weighted by atomic mass is 35.5. The minimum absolute atomic E-state index is 0.176. The first-order valence-corrected chi connectivity index (χ1v) is 7.77. The molecule has 0 saturated heterocycles. The lowest BCUT2D eigenvalue weighted by Crippen LogP contribution is -2.34. The van der Waals surface area contributed by atoms with Crippen molar-refractivity contribution in [3.05, 3.63) is 28.2 Å². The Bertz CT molecular complexity index is 429. The van der Waals surface area contributed by atoms with E-state index in [1.807, 2.05) is 0 Å². The van der Waals surface area contributed by atoms with Gasteiger partial charge in [0.15, 0.2) is 5.75 Å². The third-order valence-electron chi connectivity index (χ3n) is 3.93. The van der Waals surface area contributed by atoms with Crippen LogP contribution in [0.3, 0.4) is 0 Å². The predicted molar refractivity (Wildman–Crippen MR) is 82.8 cm³/mol. The summed E-state index contributed by atoms with van der Waals surface area (Å²) >= 11 is 12.0. The molecule has 20 heavy (non-hydrogen) atoms. The number of nitrogens with one attached hydrogen (secondary N) is 1. The molecule has 3 nitrogen and oxygen atoms in total. The second-order valence-corrected chi connectivity index (χ2v) is 6.31. The van der Waals surface area contributed by atoms with Crippen molar-refractivity contribution in [2.24, 2.45) is 5.41 Å². The number of aliphatic hydroxyl groups excluding tert-OH is 1. The summed E-state index contributed by atoms with van der Waals surface area (Å²) in [4.78, 5) is 0. The summed E-state index contributed by atoms with van der Waals surface area (Å²) in [5.41, 5.74) is 0.479. The van der Waals surface area contributed by atoms with Gasteiger partial charge in [-0.05, 0) is 36.8 Å². The third kappa shape index (κ3) is 4.26. The number of aliphatic hydroxyl groups is 1. The van der Waals surface area contributed by atoms with E-state index in [1.165, 1.54) is 19.3 Å². The van der Waals surface area contributed by atoms with E-state index in [1.54, 1.807) is 18.2 Å². The zero-order valence-electron chi connectivity index (χ0n) is 11.7. The topological polar surface area (TPSA) is 41.5 Å². The average molecular weight is 318 g/mol. The maximum absolute atomic E-state index is 9.91. The van der Waals surface area contributed by atoms with Gasteiger partial charge in [0.1, 0.15) is 12.7 Å². The summed E-state index contributed by atoms with van der Waals surface area (Å²) in [6.45, 7) is 3.88. The fraction of sp³-hybridized carbons (Fsp3) is 0.600. The van der Waals surface area contributed by atoms with Gasteiger partial charge in [-0.25, -0.2) is 0 Å². The predicted octanol–water partition coefficient (Wildman–Crippen LogP) is 3.51. The Labute approximate surface area is 130 Å². The zero-order valence-corrected chi connectivity index (χ0v) is 13.2. The fourth-order valence-corrected chi connectivity index (χ4v) is 2.70. The van der Waals surface area contributed by atoms with Crippen LogP contribution in [0, 0.1) is 5.41 Å². The van der Waals surface area contributed by atoms with Gasteiger partial charge in [-0.3, -0.25) is 0 Å². The highest BCUT2D eigenvalue weighted by molar-refractivity contribution is 6.37. The van der Waals surface area contributed by atoms with Crippen molar-refractivity contribution in [2.45, 2.75) is 32.3 Å². The van der Waals surface area contributed by atoms with E-state index < -0.39 is 6.10 Å². The molecule has 5 heteroatoms. The summed E-state index contributed by atoms with van der Waals surface area (Å²) in [7, 11) is 0. The van der Waals surface area contributed by atoms with E-state index in [9.17, 15) is 5.11 Å². The summed E-state index contributed by atoms with van der Waals surface area (Å²) in [5, 5.41) is 14.1. The van der Waals surface area contributed by atoms with Crippen molar-refractivity contribution in [3.63, 3.8) is 0 Å². The van der Waals surface area contributed by atoms with Crippen LogP contribution in [-0.2, 0) is 0 Å². The van der Waals surface area contributed by atoms with E-state index >= 15 is 0 Å². The zero-order chi connectivity index (χ0) is 14.6. The molecule has 1 aliphatic carbocycles. The van der Waals surface area contributed by atoms with Crippen molar-refractivity contribution in [2.75, 3.05) is 19.7 Å². The van der Waals surface area contributed by atoms with Gasteiger partial charge in [-0.1, -0.05) is 36.2 Å². The van der Waals surface area contributed by atoms with E-state index in [2.05, 4.69) is 12.2 Å². The molecule has 1 atom stereocenters. The molecule has 1 saturated carbocycles. The van der Waals surface area contributed by atoms with Crippen molar-refractivity contribution in [1.29, 1.82) is 0 Å². The molecule has 0 aromatic heterocycles. The quantitative estimate of drug-likeness (QED) is 0.771. The number of hydrogen-bond acceptors (Lipinski definition) is 3. The van der Waals surface area contributed by atoms with Crippen LogP contribution in [0.4, 0.5) is 0 Å². The molecule has 0 bridgehead atoms. The first-order chi connectivity index (χ1) is 9.56. The normalized spacial score (nSPS) is 17.8. The number of rotatable bonds is 8. The minimum Gasteiger partial charge on any atom is -0.488 e. The molecular formula is C15H21Cl2NO2. The highest BCUT2D eigenvalue weighted by Crippen LogP contribution is 2.47. The maximum Gasteiger partial charge on any atom is 0.156 e. The number of halogens is 2. The Hall–Kier alpha value is -0.480. The lowest BCUT2D eigenvalue weighted by atomic mass is 10.0. The van der Waals surface area contributed by atoms with Crippen molar-refractivity contribution in [3.8, 4) is 5.75 Å². The number of hydrogen-bond donors (Lipinski definition) is 2. The van der Waals surface area contributed by atoms with E-state index in [-0.39, 0.29) is 6.61 Å².